The molecule has 1 aliphatic heterocycles. The van der Waals surface area contributed by atoms with Crippen LogP contribution in [0, 0.1) is 11.6 Å². The minimum absolute atomic E-state index is 0.0453. The molecule has 2 N–H and O–H groups in total. The fourth-order valence-corrected chi connectivity index (χ4v) is 4.59. The quantitative estimate of drug-likeness (QED) is 0.676. The monoisotopic (exact) mass is 385 g/mol. The number of nitrogens with one attached hydrogen (secondary N) is 1. The summed E-state index contributed by atoms with van der Waals surface area (Å²) in [4.78, 5) is 24.7. The molecule has 136 valence electrons. The number of aromatic carboxylic acids is 1. The fraction of sp³-hybridized carbons (Fsp3) is 0.100. The third kappa shape index (κ3) is 3.00. The molecule has 1 atom stereocenters. The van der Waals surface area contributed by atoms with Crippen molar-refractivity contribution in [3.05, 3.63) is 75.5 Å². The van der Waals surface area contributed by atoms with Crippen molar-refractivity contribution in [1.29, 1.82) is 0 Å². The van der Waals surface area contributed by atoms with Crippen molar-refractivity contribution in [1.82, 2.24) is 0 Å². The molecule has 2 heterocycles. The maximum absolute atomic E-state index is 14.4. The summed E-state index contributed by atoms with van der Waals surface area (Å²) in [5.41, 5.74) is 1.42. The Morgan fingerprint density at radius 3 is 2.59 bits per heavy atom. The lowest BCUT2D eigenvalue weighted by Crippen LogP contribution is -2.23. The van der Waals surface area contributed by atoms with Crippen LogP contribution in [0.4, 0.5) is 14.5 Å². The number of hydrogen-bond acceptors (Lipinski definition) is 3. The summed E-state index contributed by atoms with van der Waals surface area (Å²) < 4.78 is 28.0. The molecule has 0 radical (unpaired) electrons. The van der Waals surface area contributed by atoms with Crippen LogP contribution in [0.3, 0.4) is 0 Å². The molecule has 4 nitrogen and oxygen atoms in total. The standard InChI is InChI=1S/C20H13F2NO3S/c21-11-6-7-14(22)12(8-11)13-9-15(24)23-17-16(10-4-2-1-3-5-10)19(20(25)26)27-18(13)17/h1-8,13H,9H2,(H,23,24)(H,25,26). The summed E-state index contributed by atoms with van der Waals surface area (Å²) in [5, 5.41) is 12.4. The van der Waals surface area contributed by atoms with Gasteiger partial charge in [0.1, 0.15) is 16.5 Å². The van der Waals surface area contributed by atoms with E-state index < -0.39 is 23.5 Å². The number of fused-ring (bicyclic) bond motifs is 1. The minimum Gasteiger partial charge on any atom is -0.477 e. The van der Waals surface area contributed by atoms with Gasteiger partial charge in [0.2, 0.25) is 5.91 Å². The molecule has 1 aliphatic rings. The second kappa shape index (κ2) is 6.59. The number of benzene rings is 2. The summed E-state index contributed by atoms with van der Waals surface area (Å²) >= 11 is 0.981. The number of carboxylic acids is 1. The van der Waals surface area contributed by atoms with E-state index in [0.29, 0.717) is 21.7 Å². The van der Waals surface area contributed by atoms with Crippen LogP contribution in [0.15, 0.2) is 48.5 Å². The topological polar surface area (TPSA) is 66.4 Å². The summed E-state index contributed by atoms with van der Waals surface area (Å²) in [6.07, 6.45) is -0.0822. The number of anilines is 1. The highest BCUT2D eigenvalue weighted by Crippen LogP contribution is 2.49. The van der Waals surface area contributed by atoms with Gasteiger partial charge in [-0.25, -0.2) is 13.6 Å². The Labute approximate surface area is 157 Å². The van der Waals surface area contributed by atoms with Crippen LogP contribution in [-0.2, 0) is 4.79 Å². The average Bonchev–Trinajstić information content (AvgIpc) is 3.03. The van der Waals surface area contributed by atoms with E-state index in [1.54, 1.807) is 30.3 Å². The highest BCUT2D eigenvalue weighted by molar-refractivity contribution is 7.15. The first kappa shape index (κ1) is 17.4. The zero-order valence-electron chi connectivity index (χ0n) is 13.8. The van der Waals surface area contributed by atoms with Crippen molar-refractivity contribution in [2.45, 2.75) is 12.3 Å². The molecule has 0 spiro atoms. The van der Waals surface area contributed by atoms with E-state index in [2.05, 4.69) is 5.32 Å². The molecule has 1 aromatic heterocycles. The number of amides is 1. The SMILES string of the molecule is O=C1CC(c2cc(F)ccc2F)c2sc(C(=O)O)c(-c3ccccc3)c2N1. The van der Waals surface area contributed by atoms with Gasteiger partial charge in [-0.2, -0.15) is 0 Å². The van der Waals surface area contributed by atoms with Crippen molar-refractivity contribution >= 4 is 28.9 Å². The third-order valence-corrected chi connectivity index (χ3v) is 5.79. The first-order valence-electron chi connectivity index (χ1n) is 8.16. The van der Waals surface area contributed by atoms with Gasteiger partial charge in [-0.05, 0) is 29.3 Å². The molecule has 0 saturated carbocycles. The maximum Gasteiger partial charge on any atom is 0.346 e. The van der Waals surface area contributed by atoms with E-state index in [9.17, 15) is 23.5 Å². The van der Waals surface area contributed by atoms with Gasteiger partial charge in [-0.1, -0.05) is 30.3 Å². The first-order valence-corrected chi connectivity index (χ1v) is 8.97. The van der Waals surface area contributed by atoms with Crippen molar-refractivity contribution < 1.29 is 23.5 Å². The highest BCUT2D eigenvalue weighted by atomic mass is 32.1. The van der Waals surface area contributed by atoms with E-state index >= 15 is 0 Å². The van der Waals surface area contributed by atoms with Gasteiger partial charge < -0.3 is 10.4 Å². The van der Waals surface area contributed by atoms with Gasteiger partial charge in [0.05, 0.1) is 5.69 Å². The van der Waals surface area contributed by atoms with E-state index in [0.717, 1.165) is 29.5 Å². The fourth-order valence-electron chi connectivity index (χ4n) is 3.35. The van der Waals surface area contributed by atoms with Crippen LogP contribution in [0.25, 0.3) is 11.1 Å². The third-order valence-electron chi connectivity index (χ3n) is 4.50. The smallest absolute Gasteiger partial charge is 0.346 e. The predicted molar refractivity (Wildman–Crippen MR) is 98.2 cm³/mol. The van der Waals surface area contributed by atoms with Crippen molar-refractivity contribution in [3.63, 3.8) is 0 Å². The molecule has 2 aromatic carbocycles. The summed E-state index contributed by atoms with van der Waals surface area (Å²) in [6.45, 7) is 0. The van der Waals surface area contributed by atoms with Crippen LogP contribution in [0.1, 0.15) is 32.5 Å². The number of halogens is 2. The van der Waals surface area contributed by atoms with Crippen molar-refractivity contribution in [3.8, 4) is 11.1 Å². The Hall–Kier alpha value is -3.06. The van der Waals surface area contributed by atoms with Crippen LogP contribution in [0.5, 0.6) is 0 Å². The largest absolute Gasteiger partial charge is 0.477 e. The highest BCUT2D eigenvalue weighted by Gasteiger charge is 2.35. The minimum atomic E-state index is -1.14. The lowest BCUT2D eigenvalue weighted by atomic mass is 9.88. The molecule has 4 rings (SSSR count). The van der Waals surface area contributed by atoms with Crippen molar-refractivity contribution in [2.24, 2.45) is 0 Å². The summed E-state index contributed by atoms with van der Waals surface area (Å²) in [6, 6.07) is 11.9. The normalized spacial score (nSPS) is 15.9. The number of thiophene rings is 1. The predicted octanol–water partition coefficient (Wildman–Crippen LogP) is 4.87. The molecule has 7 heteroatoms. The number of hydrogen-bond donors (Lipinski definition) is 2. The Bertz CT molecular complexity index is 1060. The zero-order valence-corrected chi connectivity index (χ0v) is 14.6. The molecule has 3 aromatic rings. The Balaban J connectivity index is 1.97. The molecule has 0 saturated heterocycles. The van der Waals surface area contributed by atoms with Gasteiger partial charge in [0.15, 0.2) is 0 Å². The summed E-state index contributed by atoms with van der Waals surface area (Å²) in [5.74, 6) is -3.50. The number of carbonyl (C=O) groups is 2. The van der Waals surface area contributed by atoms with Gasteiger partial charge in [-0.3, -0.25) is 4.79 Å². The maximum atomic E-state index is 14.4. The van der Waals surface area contributed by atoms with Crippen LogP contribution < -0.4 is 5.32 Å². The average molecular weight is 385 g/mol. The Morgan fingerprint density at radius 2 is 1.89 bits per heavy atom. The Kier molecular flexibility index (Phi) is 4.24. The molecule has 0 bridgehead atoms. The van der Waals surface area contributed by atoms with Crippen LogP contribution in [-0.4, -0.2) is 17.0 Å². The van der Waals surface area contributed by atoms with Gasteiger partial charge >= 0.3 is 5.97 Å². The van der Waals surface area contributed by atoms with Crippen LogP contribution >= 0.6 is 11.3 Å². The van der Waals surface area contributed by atoms with Gasteiger partial charge in [-0.15, -0.1) is 11.3 Å². The van der Waals surface area contributed by atoms with Gasteiger partial charge in [0, 0.05) is 22.8 Å². The van der Waals surface area contributed by atoms with E-state index in [1.807, 2.05) is 0 Å². The number of carboxylic acid groups (broad SMARTS) is 1. The number of carbonyl (C=O) groups excluding carboxylic acids is 1. The molecule has 1 amide bonds. The molecule has 0 fully saturated rings. The summed E-state index contributed by atoms with van der Waals surface area (Å²) in [7, 11) is 0. The second-order valence-electron chi connectivity index (χ2n) is 6.19. The Morgan fingerprint density at radius 1 is 1.15 bits per heavy atom. The van der Waals surface area contributed by atoms with E-state index in [-0.39, 0.29) is 22.8 Å². The lowest BCUT2D eigenvalue weighted by Gasteiger charge is -2.24. The number of rotatable bonds is 3. The van der Waals surface area contributed by atoms with Crippen LogP contribution in [0.2, 0.25) is 0 Å². The lowest BCUT2D eigenvalue weighted by molar-refractivity contribution is -0.116. The van der Waals surface area contributed by atoms with Crippen molar-refractivity contribution in [2.75, 3.05) is 5.32 Å². The van der Waals surface area contributed by atoms with E-state index in [4.69, 9.17) is 0 Å². The first-order chi connectivity index (χ1) is 13.0. The molecule has 27 heavy (non-hydrogen) atoms. The van der Waals surface area contributed by atoms with Gasteiger partial charge in [0.25, 0.3) is 0 Å². The molecule has 1 unspecified atom stereocenters. The van der Waals surface area contributed by atoms with E-state index in [1.165, 1.54) is 0 Å². The molecular weight excluding hydrogens is 372 g/mol. The molecular formula is C20H13F2NO3S. The zero-order chi connectivity index (χ0) is 19.1. The second-order valence-corrected chi connectivity index (χ2v) is 7.24. The molecule has 0 aliphatic carbocycles.